The van der Waals surface area contributed by atoms with Crippen molar-refractivity contribution in [3.05, 3.63) is 35.6 Å². The van der Waals surface area contributed by atoms with Gasteiger partial charge in [0, 0.05) is 0 Å². The second-order valence-corrected chi connectivity index (χ2v) is 2.97. The van der Waals surface area contributed by atoms with Crippen molar-refractivity contribution in [3.63, 3.8) is 0 Å². The van der Waals surface area contributed by atoms with Gasteiger partial charge in [-0.15, -0.1) is 0 Å². The van der Waals surface area contributed by atoms with Gasteiger partial charge in [0.1, 0.15) is 12.5 Å². The van der Waals surface area contributed by atoms with E-state index in [4.69, 9.17) is 5.11 Å². The molecule has 1 aromatic rings. The van der Waals surface area contributed by atoms with Crippen LogP contribution in [0.3, 0.4) is 0 Å². The lowest BCUT2D eigenvalue weighted by atomic mass is 10.1. The smallest absolute Gasteiger partial charge is 0.123 e. The zero-order valence-electron chi connectivity index (χ0n) is 7.21. The first kappa shape index (κ1) is 10.1. The number of rotatable bonds is 4. The van der Waals surface area contributed by atoms with Gasteiger partial charge in [-0.25, -0.2) is 8.78 Å². The summed E-state index contributed by atoms with van der Waals surface area (Å²) in [4.78, 5) is 0. The summed E-state index contributed by atoms with van der Waals surface area (Å²) in [5.41, 5.74) is 0.911. The molecule has 0 radical (unpaired) electrons. The number of benzene rings is 1. The highest BCUT2D eigenvalue weighted by Crippen LogP contribution is 2.07. The van der Waals surface area contributed by atoms with Crippen molar-refractivity contribution in [2.45, 2.75) is 18.9 Å². The zero-order chi connectivity index (χ0) is 9.68. The van der Waals surface area contributed by atoms with Crippen LogP contribution in [-0.2, 0) is 6.42 Å². The summed E-state index contributed by atoms with van der Waals surface area (Å²) < 4.78 is 24.3. The molecule has 1 N–H and O–H groups in total. The average molecular weight is 186 g/mol. The second-order valence-electron chi connectivity index (χ2n) is 2.97. The fraction of sp³-hybridized carbons (Fsp3) is 0.400. The molecule has 0 fully saturated rings. The molecule has 0 aliphatic carbocycles. The van der Waals surface area contributed by atoms with Crippen LogP contribution in [0.5, 0.6) is 0 Å². The van der Waals surface area contributed by atoms with E-state index in [1.165, 1.54) is 12.1 Å². The Bertz CT molecular complexity index is 246. The van der Waals surface area contributed by atoms with E-state index in [9.17, 15) is 8.78 Å². The van der Waals surface area contributed by atoms with Crippen molar-refractivity contribution in [1.29, 1.82) is 0 Å². The van der Waals surface area contributed by atoms with Crippen LogP contribution in [0.15, 0.2) is 24.3 Å². The summed E-state index contributed by atoms with van der Waals surface area (Å²) >= 11 is 0. The minimum absolute atomic E-state index is 0.283. The Kier molecular flexibility index (Phi) is 3.83. The number of aliphatic hydroxyl groups excluding tert-OH is 1. The SMILES string of the molecule is OC(CF)CCc1ccc(F)cc1. The molecule has 0 saturated heterocycles. The Morgan fingerprint density at radius 2 is 1.85 bits per heavy atom. The molecule has 0 heterocycles. The molecule has 1 rings (SSSR count). The van der Waals surface area contributed by atoms with Gasteiger partial charge in [-0.3, -0.25) is 0 Å². The van der Waals surface area contributed by atoms with Crippen LogP contribution < -0.4 is 0 Å². The first-order valence-corrected chi connectivity index (χ1v) is 4.21. The van der Waals surface area contributed by atoms with Crippen LogP contribution in [-0.4, -0.2) is 17.9 Å². The third kappa shape index (κ3) is 3.51. The highest BCUT2D eigenvalue weighted by atomic mass is 19.1. The van der Waals surface area contributed by atoms with Crippen molar-refractivity contribution in [3.8, 4) is 0 Å². The number of alkyl halides is 1. The van der Waals surface area contributed by atoms with E-state index in [1.54, 1.807) is 12.1 Å². The molecule has 1 aromatic carbocycles. The maximum Gasteiger partial charge on any atom is 0.123 e. The molecule has 1 nitrogen and oxygen atoms in total. The van der Waals surface area contributed by atoms with E-state index < -0.39 is 12.8 Å². The molecule has 72 valence electrons. The lowest BCUT2D eigenvalue weighted by molar-refractivity contribution is 0.131. The van der Waals surface area contributed by atoms with Crippen LogP contribution in [0.4, 0.5) is 8.78 Å². The Hall–Kier alpha value is -0.960. The number of aryl methyl sites for hydroxylation is 1. The van der Waals surface area contributed by atoms with Gasteiger partial charge in [0.15, 0.2) is 0 Å². The lowest BCUT2D eigenvalue weighted by Crippen LogP contribution is -2.09. The van der Waals surface area contributed by atoms with E-state index in [0.717, 1.165) is 5.56 Å². The van der Waals surface area contributed by atoms with E-state index >= 15 is 0 Å². The van der Waals surface area contributed by atoms with E-state index in [0.29, 0.717) is 12.8 Å². The Morgan fingerprint density at radius 3 is 2.38 bits per heavy atom. The predicted molar refractivity (Wildman–Crippen MR) is 46.7 cm³/mol. The Morgan fingerprint density at radius 1 is 1.23 bits per heavy atom. The second kappa shape index (κ2) is 4.92. The van der Waals surface area contributed by atoms with Crippen LogP contribution >= 0.6 is 0 Å². The van der Waals surface area contributed by atoms with Gasteiger partial charge in [0.2, 0.25) is 0 Å². The summed E-state index contributed by atoms with van der Waals surface area (Å²) in [7, 11) is 0. The summed E-state index contributed by atoms with van der Waals surface area (Å²) in [6.45, 7) is -0.721. The molecule has 0 bridgehead atoms. The van der Waals surface area contributed by atoms with Crippen LogP contribution in [0, 0.1) is 5.82 Å². The fourth-order valence-electron chi connectivity index (χ4n) is 1.06. The zero-order valence-corrected chi connectivity index (χ0v) is 7.21. The molecule has 0 aliphatic heterocycles. The third-order valence-electron chi connectivity index (χ3n) is 1.86. The maximum atomic E-state index is 12.4. The molecular formula is C10H12F2O. The van der Waals surface area contributed by atoms with Gasteiger partial charge in [-0.2, -0.15) is 0 Å². The van der Waals surface area contributed by atoms with E-state index in [2.05, 4.69) is 0 Å². The number of hydrogen-bond donors (Lipinski definition) is 1. The fourth-order valence-corrected chi connectivity index (χ4v) is 1.06. The van der Waals surface area contributed by atoms with Gasteiger partial charge in [-0.1, -0.05) is 12.1 Å². The molecule has 0 aliphatic rings. The Labute approximate surface area is 76.0 Å². The monoisotopic (exact) mass is 186 g/mol. The highest BCUT2D eigenvalue weighted by Gasteiger charge is 2.03. The molecule has 0 spiro atoms. The number of halogens is 2. The standard InChI is InChI=1S/C10H12F2O/c11-7-10(13)6-3-8-1-4-9(12)5-2-8/h1-2,4-5,10,13H,3,6-7H2. The Balaban J connectivity index is 2.41. The minimum Gasteiger partial charge on any atom is -0.390 e. The number of aliphatic hydroxyl groups is 1. The molecular weight excluding hydrogens is 174 g/mol. The largest absolute Gasteiger partial charge is 0.390 e. The minimum atomic E-state index is -0.898. The maximum absolute atomic E-state index is 12.4. The number of hydrogen-bond acceptors (Lipinski definition) is 1. The first-order valence-electron chi connectivity index (χ1n) is 4.21. The van der Waals surface area contributed by atoms with Crippen LogP contribution in [0.2, 0.25) is 0 Å². The van der Waals surface area contributed by atoms with Gasteiger partial charge in [-0.05, 0) is 30.5 Å². The van der Waals surface area contributed by atoms with E-state index in [-0.39, 0.29) is 5.82 Å². The normalized spacial score (nSPS) is 12.8. The molecule has 13 heavy (non-hydrogen) atoms. The quantitative estimate of drug-likeness (QED) is 0.763. The summed E-state index contributed by atoms with van der Waals surface area (Å²) in [5.74, 6) is -0.283. The molecule has 1 atom stereocenters. The molecule has 0 aromatic heterocycles. The molecule has 3 heteroatoms. The molecule has 1 unspecified atom stereocenters. The van der Waals surface area contributed by atoms with Gasteiger partial charge in [0.05, 0.1) is 6.10 Å². The average Bonchev–Trinajstić information content (AvgIpc) is 2.16. The summed E-state index contributed by atoms with van der Waals surface area (Å²) in [5, 5.41) is 8.92. The van der Waals surface area contributed by atoms with Crippen molar-refractivity contribution in [2.24, 2.45) is 0 Å². The summed E-state index contributed by atoms with van der Waals surface area (Å²) in [6.07, 6.45) is 0.0538. The van der Waals surface area contributed by atoms with Gasteiger partial charge >= 0.3 is 0 Å². The van der Waals surface area contributed by atoms with Gasteiger partial charge in [0.25, 0.3) is 0 Å². The highest BCUT2D eigenvalue weighted by molar-refractivity contribution is 5.16. The topological polar surface area (TPSA) is 20.2 Å². The van der Waals surface area contributed by atoms with Gasteiger partial charge < -0.3 is 5.11 Å². The van der Waals surface area contributed by atoms with Crippen LogP contribution in [0.1, 0.15) is 12.0 Å². The predicted octanol–water partition coefficient (Wildman–Crippen LogP) is 2.09. The van der Waals surface area contributed by atoms with Crippen molar-refractivity contribution in [2.75, 3.05) is 6.67 Å². The van der Waals surface area contributed by atoms with Crippen molar-refractivity contribution >= 4 is 0 Å². The van der Waals surface area contributed by atoms with Crippen LogP contribution in [0.25, 0.3) is 0 Å². The van der Waals surface area contributed by atoms with Crippen molar-refractivity contribution in [1.82, 2.24) is 0 Å². The third-order valence-corrected chi connectivity index (χ3v) is 1.86. The summed E-state index contributed by atoms with van der Waals surface area (Å²) in [6, 6.07) is 5.99. The molecule has 0 saturated carbocycles. The van der Waals surface area contributed by atoms with E-state index in [1.807, 2.05) is 0 Å². The first-order chi connectivity index (χ1) is 6.22. The lowest BCUT2D eigenvalue weighted by Gasteiger charge is -2.05. The molecule has 0 amide bonds. The van der Waals surface area contributed by atoms with Crippen molar-refractivity contribution < 1.29 is 13.9 Å².